The van der Waals surface area contributed by atoms with Crippen LogP contribution in [-0.2, 0) is 20.7 Å². The number of nitrogens with zero attached hydrogens (tertiary/aromatic N) is 2. The normalized spacial score (nSPS) is 15.9. The quantitative estimate of drug-likeness (QED) is 0.396. The fourth-order valence-corrected chi connectivity index (χ4v) is 4.06. The van der Waals surface area contributed by atoms with Crippen molar-refractivity contribution >= 4 is 34.5 Å². The van der Waals surface area contributed by atoms with Gasteiger partial charge in [-0.15, -0.1) is 0 Å². The van der Waals surface area contributed by atoms with E-state index in [9.17, 15) is 14.0 Å². The zero-order valence-corrected chi connectivity index (χ0v) is 19.5. The largest absolute Gasteiger partial charge is 0.490 e. The van der Waals surface area contributed by atoms with Gasteiger partial charge in [-0.2, -0.15) is 0 Å². The number of amidine groups is 1. The molecule has 174 valence electrons. The van der Waals surface area contributed by atoms with E-state index in [0.29, 0.717) is 48.5 Å². The van der Waals surface area contributed by atoms with Crippen LogP contribution in [-0.4, -0.2) is 48.8 Å². The summed E-state index contributed by atoms with van der Waals surface area (Å²) in [6, 6.07) is 11.3. The second kappa shape index (κ2) is 11.5. The fraction of sp³-hybridized carbons (Fsp3) is 0.292. The molecule has 0 aliphatic carbocycles. The first kappa shape index (κ1) is 24.3. The molecule has 2 aromatic carbocycles. The average Bonchev–Trinajstić information content (AvgIpc) is 3.09. The Morgan fingerprint density at radius 2 is 1.79 bits per heavy atom. The zero-order valence-electron chi connectivity index (χ0n) is 18.7. The van der Waals surface area contributed by atoms with Gasteiger partial charge < -0.3 is 14.2 Å². The smallest absolute Gasteiger partial charge is 0.331 e. The number of amides is 1. The number of ether oxygens (including phenoxy) is 3. The second-order valence-electron chi connectivity index (χ2n) is 6.86. The van der Waals surface area contributed by atoms with Crippen molar-refractivity contribution in [3.8, 4) is 11.5 Å². The number of rotatable bonds is 9. The van der Waals surface area contributed by atoms with Crippen LogP contribution in [0.15, 0.2) is 58.4 Å². The summed E-state index contributed by atoms with van der Waals surface area (Å²) in [5.41, 5.74) is 1.45. The first-order chi connectivity index (χ1) is 15.9. The van der Waals surface area contributed by atoms with Gasteiger partial charge in [0.1, 0.15) is 5.82 Å². The third kappa shape index (κ3) is 6.35. The van der Waals surface area contributed by atoms with Crippen molar-refractivity contribution < 1.29 is 28.2 Å². The molecule has 0 bridgehead atoms. The summed E-state index contributed by atoms with van der Waals surface area (Å²) >= 11 is 1.07. The van der Waals surface area contributed by atoms with Crippen LogP contribution >= 0.6 is 11.8 Å². The third-order valence-corrected chi connectivity index (χ3v) is 5.63. The number of halogens is 1. The highest BCUT2D eigenvalue weighted by Crippen LogP contribution is 2.34. The molecule has 9 heteroatoms. The van der Waals surface area contributed by atoms with Gasteiger partial charge in [-0.25, -0.2) is 14.2 Å². The molecule has 1 fully saturated rings. The minimum atomic E-state index is -0.623. The molecule has 0 radical (unpaired) electrons. The number of benzene rings is 2. The van der Waals surface area contributed by atoms with Crippen LogP contribution in [0.2, 0.25) is 0 Å². The van der Waals surface area contributed by atoms with Gasteiger partial charge in [0, 0.05) is 12.6 Å². The molecular weight excluding hydrogens is 447 g/mol. The number of aliphatic imine (C=N–C) groups is 1. The van der Waals surface area contributed by atoms with E-state index in [1.54, 1.807) is 0 Å². The Kier molecular flexibility index (Phi) is 8.48. The number of methoxy groups -OCH3 is 1. The van der Waals surface area contributed by atoms with E-state index in [-0.39, 0.29) is 16.6 Å². The van der Waals surface area contributed by atoms with E-state index in [1.807, 2.05) is 32.0 Å². The minimum absolute atomic E-state index is 0.212. The van der Waals surface area contributed by atoms with E-state index < -0.39 is 5.97 Å². The molecule has 0 aromatic heterocycles. The van der Waals surface area contributed by atoms with Crippen LogP contribution in [0.4, 0.5) is 10.1 Å². The van der Waals surface area contributed by atoms with E-state index in [1.165, 1.54) is 36.3 Å². The molecule has 1 saturated heterocycles. The first-order valence-corrected chi connectivity index (χ1v) is 11.3. The van der Waals surface area contributed by atoms with Crippen molar-refractivity contribution in [2.45, 2.75) is 20.3 Å². The summed E-state index contributed by atoms with van der Waals surface area (Å²) in [5.74, 6) is -0.0371. The highest BCUT2D eigenvalue weighted by Gasteiger charge is 2.34. The predicted octanol–water partition coefficient (Wildman–Crippen LogP) is 4.49. The van der Waals surface area contributed by atoms with Crippen molar-refractivity contribution in [1.29, 1.82) is 0 Å². The summed E-state index contributed by atoms with van der Waals surface area (Å²) in [4.78, 5) is 30.9. The Balaban J connectivity index is 1.85. The Bertz CT molecular complexity index is 1070. The zero-order chi connectivity index (χ0) is 23.8. The van der Waals surface area contributed by atoms with Crippen LogP contribution in [0.3, 0.4) is 0 Å². The summed E-state index contributed by atoms with van der Waals surface area (Å²) < 4.78 is 29.2. The van der Waals surface area contributed by atoms with Crippen LogP contribution in [0.1, 0.15) is 19.4 Å². The Hall–Kier alpha value is -3.33. The number of hydrogen-bond acceptors (Lipinski definition) is 7. The molecule has 2 aromatic rings. The molecule has 0 spiro atoms. The van der Waals surface area contributed by atoms with Crippen molar-refractivity contribution in [3.63, 3.8) is 0 Å². The molecule has 0 unspecified atom stereocenters. The standard InChI is InChI=1S/C24H25FN2O5S/c1-4-31-19-11-6-16(14-20(19)32-5-2)12-13-27-23(29)21(15-22(28)30-3)33-24(27)26-18-9-7-17(25)8-10-18/h6-11,14-15H,4-5,12-13H2,1-3H3. The molecule has 0 saturated carbocycles. The topological polar surface area (TPSA) is 77.4 Å². The van der Waals surface area contributed by atoms with Gasteiger partial charge in [0.2, 0.25) is 0 Å². The Labute approximate surface area is 196 Å². The lowest BCUT2D eigenvalue weighted by Gasteiger charge is -2.17. The van der Waals surface area contributed by atoms with E-state index in [4.69, 9.17) is 9.47 Å². The summed E-state index contributed by atoms with van der Waals surface area (Å²) in [7, 11) is 1.25. The summed E-state index contributed by atoms with van der Waals surface area (Å²) in [5, 5.41) is 0.401. The van der Waals surface area contributed by atoms with Crippen LogP contribution in [0.5, 0.6) is 11.5 Å². The molecule has 3 rings (SSSR count). The molecule has 0 N–H and O–H groups in total. The maximum atomic E-state index is 13.3. The molecule has 33 heavy (non-hydrogen) atoms. The van der Waals surface area contributed by atoms with E-state index >= 15 is 0 Å². The highest BCUT2D eigenvalue weighted by molar-refractivity contribution is 8.18. The number of thioether (sulfide) groups is 1. The molecule has 1 heterocycles. The summed E-state index contributed by atoms with van der Waals surface area (Å²) in [6.07, 6.45) is 1.67. The monoisotopic (exact) mass is 472 g/mol. The number of carbonyl (C=O) groups is 2. The Morgan fingerprint density at radius 3 is 2.45 bits per heavy atom. The molecule has 1 amide bonds. The lowest BCUT2D eigenvalue weighted by Crippen LogP contribution is -2.31. The molecular formula is C24H25FN2O5S. The van der Waals surface area contributed by atoms with E-state index in [2.05, 4.69) is 9.73 Å². The van der Waals surface area contributed by atoms with Gasteiger partial charge in [-0.1, -0.05) is 6.07 Å². The lowest BCUT2D eigenvalue weighted by molar-refractivity contribution is -0.135. The predicted molar refractivity (Wildman–Crippen MR) is 125 cm³/mol. The number of hydrogen-bond donors (Lipinski definition) is 0. The SMILES string of the molecule is CCOc1ccc(CCN2C(=O)C(=CC(=O)OC)SC2=Nc2ccc(F)cc2)cc1OCC. The van der Waals surface area contributed by atoms with Crippen molar-refractivity contribution in [3.05, 3.63) is 64.8 Å². The van der Waals surface area contributed by atoms with Crippen molar-refractivity contribution in [2.75, 3.05) is 26.9 Å². The van der Waals surface area contributed by atoms with Gasteiger partial charge in [0.15, 0.2) is 16.7 Å². The number of carbonyl (C=O) groups excluding carboxylic acids is 2. The fourth-order valence-electron chi connectivity index (χ4n) is 3.07. The molecule has 1 aliphatic rings. The van der Waals surface area contributed by atoms with Crippen LogP contribution in [0, 0.1) is 5.82 Å². The van der Waals surface area contributed by atoms with E-state index in [0.717, 1.165) is 23.4 Å². The van der Waals surface area contributed by atoms with Crippen LogP contribution < -0.4 is 9.47 Å². The van der Waals surface area contributed by atoms with Crippen LogP contribution in [0.25, 0.3) is 0 Å². The van der Waals surface area contributed by atoms with Gasteiger partial charge in [0.25, 0.3) is 5.91 Å². The third-order valence-electron chi connectivity index (χ3n) is 4.62. The molecule has 0 atom stereocenters. The van der Waals surface area contributed by atoms with Gasteiger partial charge in [0.05, 0.1) is 30.9 Å². The average molecular weight is 473 g/mol. The lowest BCUT2D eigenvalue weighted by atomic mass is 10.1. The van der Waals surface area contributed by atoms with Gasteiger partial charge >= 0.3 is 5.97 Å². The van der Waals surface area contributed by atoms with Gasteiger partial charge in [-0.3, -0.25) is 9.69 Å². The van der Waals surface area contributed by atoms with Crippen molar-refractivity contribution in [1.82, 2.24) is 4.90 Å². The second-order valence-corrected chi connectivity index (χ2v) is 7.87. The molecule has 1 aliphatic heterocycles. The minimum Gasteiger partial charge on any atom is -0.490 e. The maximum Gasteiger partial charge on any atom is 0.331 e. The summed E-state index contributed by atoms with van der Waals surface area (Å²) in [6.45, 7) is 5.15. The number of esters is 1. The van der Waals surface area contributed by atoms with Gasteiger partial charge in [-0.05, 0) is 74.0 Å². The Morgan fingerprint density at radius 1 is 1.09 bits per heavy atom. The first-order valence-electron chi connectivity index (χ1n) is 10.5. The highest BCUT2D eigenvalue weighted by atomic mass is 32.2. The van der Waals surface area contributed by atoms with Crippen molar-refractivity contribution in [2.24, 2.45) is 4.99 Å². The maximum absolute atomic E-state index is 13.3. The molecule has 7 nitrogen and oxygen atoms in total.